The second-order valence-corrected chi connectivity index (χ2v) is 6.72. The molecule has 1 saturated heterocycles. The van der Waals surface area contributed by atoms with E-state index in [1.807, 2.05) is 13.0 Å². The van der Waals surface area contributed by atoms with Gasteiger partial charge in [0.1, 0.15) is 0 Å². The fourth-order valence-corrected chi connectivity index (χ4v) is 3.39. The number of morpholine rings is 1. The molecule has 0 saturated carbocycles. The van der Waals surface area contributed by atoms with Crippen molar-refractivity contribution in [2.75, 3.05) is 18.4 Å². The number of carbonyl (C=O) groups is 2. The van der Waals surface area contributed by atoms with Crippen LogP contribution < -0.4 is 5.32 Å². The van der Waals surface area contributed by atoms with Crippen LogP contribution in [0.15, 0.2) is 22.6 Å². The number of rotatable bonds is 2. The highest BCUT2D eigenvalue weighted by atomic mass is 16.5. The third-order valence-corrected chi connectivity index (χ3v) is 4.61. The van der Waals surface area contributed by atoms with E-state index in [9.17, 15) is 9.59 Å². The van der Waals surface area contributed by atoms with E-state index in [0.29, 0.717) is 43.3 Å². The van der Waals surface area contributed by atoms with Crippen LogP contribution in [-0.4, -0.2) is 46.1 Å². The zero-order valence-electron chi connectivity index (χ0n) is 14.7. The lowest BCUT2D eigenvalue weighted by atomic mass is 9.99. The van der Waals surface area contributed by atoms with Gasteiger partial charge in [-0.3, -0.25) is 9.59 Å². The van der Waals surface area contributed by atoms with E-state index in [1.54, 1.807) is 24.0 Å². The molecule has 8 nitrogen and oxygen atoms in total. The SMILES string of the molecule is Cc1nnc([C@H]2CN(C(=O)c3ccc4c(c3)CCC(=O)N4)C[C@@H](C)O2)o1. The fraction of sp³-hybridized carbons (Fsp3) is 0.444. The smallest absolute Gasteiger partial charge is 0.254 e. The Kier molecular flexibility index (Phi) is 4.20. The number of aryl methyl sites for hydroxylation is 2. The number of nitrogens with zero attached hydrogens (tertiary/aromatic N) is 3. The van der Waals surface area contributed by atoms with Gasteiger partial charge >= 0.3 is 0 Å². The van der Waals surface area contributed by atoms with Crippen molar-refractivity contribution in [3.8, 4) is 0 Å². The van der Waals surface area contributed by atoms with E-state index in [0.717, 1.165) is 11.3 Å². The standard InChI is InChI=1S/C18H20N4O4/c1-10-8-22(9-15(25-10)17-21-20-11(2)26-17)18(24)13-3-5-14-12(7-13)4-6-16(23)19-14/h3,5,7,10,15H,4,6,8-9H2,1-2H3,(H,19,23)/t10-,15-/m1/s1. The summed E-state index contributed by atoms with van der Waals surface area (Å²) in [6.07, 6.45) is 0.520. The summed E-state index contributed by atoms with van der Waals surface area (Å²) in [7, 11) is 0. The van der Waals surface area contributed by atoms with E-state index < -0.39 is 6.10 Å². The number of hydrogen-bond donors (Lipinski definition) is 1. The van der Waals surface area contributed by atoms with E-state index in [4.69, 9.17) is 9.15 Å². The summed E-state index contributed by atoms with van der Waals surface area (Å²) < 4.78 is 11.3. The molecule has 0 spiro atoms. The highest BCUT2D eigenvalue weighted by Crippen LogP contribution is 2.27. The van der Waals surface area contributed by atoms with Crippen LogP contribution in [0.5, 0.6) is 0 Å². The lowest BCUT2D eigenvalue weighted by Crippen LogP contribution is -2.46. The first-order valence-corrected chi connectivity index (χ1v) is 8.67. The Hall–Kier alpha value is -2.74. The minimum absolute atomic E-state index is 0.0104. The van der Waals surface area contributed by atoms with Gasteiger partial charge in [0.05, 0.1) is 12.6 Å². The van der Waals surface area contributed by atoms with Crippen LogP contribution in [-0.2, 0) is 16.0 Å². The zero-order chi connectivity index (χ0) is 18.3. The van der Waals surface area contributed by atoms with Crippen molar-refractivity contribution in [1.82, 2.24) is 15.1 Å². The summed E-state index contributed by atoms with van der Waals surface area (Å²) in [6, 6.07) is 5.41. The Morgan fingerprint density at radius 2 is 2.12 bits per heavy atom. The molecule has 2 atom stereocenters. The third kappa shape index (κ3) is 3.20. The van der Waals surface area contributed by atoms with Crippen LogP contribution in [0, 0.1) is 6.92 Å². The number of anilines is 1. The molecule has 0 bridgehead atoms. The number of hydrogen-bond acceptors (Lipinski definition) is 6. The molecule has 0 unspecified atom stereocenters. The molecule has 3 heterocycles. The number of amides is 2. The van der Waals surface area contributed by atoms with Crippen molar-refractivity contribution >= 4 is 17.5 Å². The maximum Gasteiger partial charge on any atom is 0.254 e. The molecular weight excluding hydrogens is 336 g/mol. The van der Waals surface area contributed by atoms with Crippen LogP contribution in [0.4, 0.5) is 5.69 Å². The van der Waals surface area contributed by atoms with Crippen molar-refractivity contribution in [3.05, 3.63) is 41.1 Å². The summed E-state index contributed by atoms with van der Waals surface area (Å²) in [5.74, 6) is 0.800. The molecule has 2 aliphatic heterocycles. The van der Waals surface area contributed by atoms with E-state index in [2.05, 4.69) is 15.5 Å². The summed E-state index contributed by atoms with van der Waals surface area (Å²) in [4.78, 5) is 26.2. The highest BCUT2D eigenvalue weighted by molar-refractivity contribution is 5.98. The Labute approximate surface area is 150 Å². The Balaban J connectivity index is 1.54. The first kappa shape index (κ1) is 16.7. The number of ether oxygens (including phenoxy) is 1. The lowest BCUT2D eigenvalue weighted by molar-refractivity contribution is -0.116. The largest absolute Gasteiger partial charge is 0.423 e. The van der Waals surface area contributed by atoms with Crippen molar-refractivity contribution in [2.24, 2.45) is 0 Å². The maximum absolute atomic E-state index is 13.0. The maximum atomic E-state index is 13.0. The van der Waals surface area contributed by atoms with Gasteiger partial charge in [0.15, 0.2) is 6.10 Å². The van der Waals surface area contributed by atoms with Crippen LogP contribution in [0.2, 0.25) is 0 Å². The van der Waals surface area contributed by atoms with E-state index in [-0.39, 0.29) is 17.9 Å². The van der Waals surface area contributed by atoms with Gasteiger partial charge in [0.25, 0.3) is 5.91 Å². The van der Waals surface area contributed by atoms with Crippen molar-refractivity contribution < 1.29 is 18.7 Å². The van der Waals surface area contributed by atoms with Gasteiger partial charge in [-0.1, -0.05) is 0 Å². The molecule has 136 valence electrons. The molecule has 4 rings (SSSR count). The fourth-order valence-electron chi connectivity index (χ4n) is 3.39. The van der Waals surface area contributed by atoms with Gasteiger partial charge < -0.3 is 19.4 Å². The van der Waals surface area contributed by atoms with Crippen LogP contribution >= 0.6 is 0 Å². The molecule has 0 aliphatic carbocycles. The van der Waals surface area contributed by atoms with Crippen LogP contribution in [0.3, 0.4) is 0 Å². The molecule has 2 amide bonds. The molecule has 1 aromatic carbocycles. The predicted molar refractivity (Wildman–Crippen MR) is 91.6 cm³/mol. The van der Waals surface area contributed by atoms with Crippen molar-refractivity contribution in [1.29, 1.82) is 0 Å². The van der Waals surface area contributed by atoms with E-state index in [1.165, 1.54) is 0 Å². The lowest BCUT2D eigenvalue weighted by Gasteiger charge is -2.35. The first-order chi connectivity index (χ1) is 12.5. The molecule has 26 heavy (non-hydrogen) atoms. The summed E-state index contributed by atoms with van der Waals surface area (Å²) in [5.41, 5.74) is 2.38. The predicted octanol–water partition coefficient (Wildman–Crippen LogP) is 1.86. The minimum atomic E-state index is -0.430. The number of fused-ring (bicyclic) bond motifs is 1. The Morgan fingerprint density at radius 3 is 2.88 bits per heavy atom. The van der Waals surface area contributed by atoms with Gasteiger partial charge in [-0.25, -0.2) is 0 Å². The summed E-state index contributed by atoms with van der Waals surface area (Å²) >= 11 is 0. The summed E-state index contributed by atoms with van der Waals surface area (Å²) in [5, 5.41) is 10.7. The minimum Gasteiger partial charge on any atom is -0.423 e. The molecule has 0 radical (unpaired) electrons. The second kappa shape index (κ2) is 6.53. The number of carbonyl (C=O) groups excluding carboxylic acids is 2. The van der Waals surface area contributed by atoms with Gasteiger partial charge in [-0.05, 0) is 37.1 Å². The second-order valence-electron chi connectivity index (χ2n) is 6.72. The van der Waals surface area contributed by atoms with Crippen molar-refractivity contribution in [2.45, 2.75) is 38.9 Å². The van der Waals surface area contributed by atoms with Crippen LogP contribution in [0.1, 0.15) is 47.2 Å². The molecule has 8 heteroatoms. The number of benzene rings is 1. The van der Waals surface area contributed by atoms with Gasteiger partial charge in [-0.15, -0.1) is 10.2 Å². The topological polar surface area (TPSA) is 97.6 Å². The molecule has 1 N–H and O–H groups in total. The van der Waals surface area contributed by atoms with Crippen molar-refractivity contribution in [3.63, 3.8) is 0 Å². The first-order valence-electron chi connectivity index (χ1n) is 8.67. The number of nitrogens with one attached hydrogen (secondary N) is 1. The number of aromatic nitrogens is 2. The average molecular weight is 356 g/mol. The Bertz CT molecular complexity index is 863. The third-order valence-electron chi connectivity index (χ3n) is 4.61. The van der Waals surface area contributed by atoms with Gasteiger partial charge in [0, 0.05) is 31.1 Å². The molecular formula is C18H20N4O4. The van der Waals surface area contributed by atoms with Crippen LogP contribution in [0.25, 0.3) is 0 Å². The summed E-state index contributed by atoms with van der Waals surface area (Å²) in [6.45, 7) is 4.49. The van der Waals surface area contributed by atoms with Gasteiger partial charge in [0.2, 0.25) is 17.7 Å². The normalized spacial score (nSPS) is 22.7. The van der Waals surface area contributed by atoms with Gasteiger partial charge in [-0.2, -0.15) is 0 Å². The highest BCUT2D eigenvalue weighted by Gasteiger charge is 2.33. The molecule has 1 fully saturated rings. The molecule has 2 aromatic rings. The monoisotopic (exact) mass is 356 g/mol. The zero-order valence-corrected chi connectivity index (χ0v) is 14.7. The average Bonchev–Trinajstić information content (AvgIpc) is 3.06. The molecule has 1 aromatic heterocycles. The molecule has 2 aliphatic rings. The Morgan fingerprint density at radius 1 is 1.27 bits per heavy atom. The van der Waals surface area contributed by atoms with E-state index >= 15 is 0 Å². The quantitative estimate of drug-likeness (QED) is 0.882.